The van der Waals surface area contributed by atoms with E-state index in [0.29, 0.717) is 10.8 Å². The Hall–Kier alpha value is -0.0400. The molecule has 1 aliphatic carbocycles. The van der Waals surface area contributed by atoms with Gasteiger partial charge in [0.2, 0.25) is 0 Å². The summed E-state index contributed by atoms with van der Waals surface area (Å²) < 4.78 is 0. The molecule has 0 amide bonds. The number of nitrogens with one attached hydrogen (secondary N) is 1. The van der Waals surface area contributed by atoms with E-state index in [4.69, 9.17) is 0 Å². The molecule has 1 N–H and O–H groups in total. The predicted octanol–water partition coefficient (Wildman–Crippen LogP) is 5.93. The van der Waals surface area contributed by atoms with Crippen molar-refractivity contribution in [3.8, 4) is 0 Å². The maximum Gasteiger partial charge on any atom is 0.00772 e. The molecule has 0 atom stereocenters. The second kappa shape index (κ2) is 8.41. The Bertz CT molecular complexity index is 238. The molecule has 1 rings (SSSR count). The highest BCUT2D eigenvalue weighted by Crippen LogP contribution is 2.45. The quantitative estimate of drug-likeness (QED) is 0.516. The van der Waals surface area contributed by atoms with Gasteiger partial charge in [-0.15, -0.1) is 0 Å². The molecule has 0 radical (unpaired) electrons. The van der Waals surface area contributed by atoms with Crippen molar-refractivity contribution in [3.05, 3.63) is 0 Å². The molecule has 0 bridgehead atoms. The molecular weight excluding hydrogens is 242 g/mol. The first-order valence-electron chi connectivity index (χ1n) is 9.08. The van der Waals surface area contributed by atoms with Crippen LogP contribution < -0.4 is 5.32 Å². The Balaban J connectivity index is 2.09. The van der Waals surface area contributed by atoms with E-state index < -0.39 is 0 Å². The summed E-state index contributed by atoms with van der Waals surface area (Å²) >= 11 is 0. The molecule has 120 valence electrons. The van der Waals surface area contributed by atoms with Crippen LogP contribution in [0.1, 0.15) is 98.8 Å². The molecule has 1 heteroatoms. The molecule has 0 aromatic carbocycles. The third-order valence-electron chi connectivity index (χ3n) is 4.77. The van der Waals surface area contributed by atoms with Crippen molar-refractivity contribution in [2.24, 2.45) is 10.8 Å². The zero-order valence-corrected chi connectivity index (χ0v) is 14.9. The van der Waals surface area contributed by atoms with Gasteiger partial charge in [0.25, 0.3) is 0 Å². The molecule has 0 spiro atoms. The zero-order chi connectivity index (χ0) is 15.1. The standard InChI is InChI=1S/C19H39N/c1-6-7-8-9-10-11-12-13-20-17-14-18(2,3)16-19(4,5)15-17/h17,20H,6-16H2,1-5H3. The number of unbranched alkanes of at least 4 members (excludes halogenated alkanes) is 6. The lowest BCUT2D eigenvalue weighted by atomic mass is 9.63. The van der Waals surface area contributed by atoms with Crippen LogP contribution in [-0.2, 0) is 0 Å². The molecule has 0 saturated heterocycles. The van der Waals surface area contributed by atoms with E-state index in [-0.39, 0.29) is 0 Å². The fourth-order valence-electron chi connectivity index (χ4n) is 4.38. The van der Waals surface area contributed by atoms with Crippen LogP contribution in [0.15, 0.2) is 0 Å². The fraction of sp³-hybridized carbons (Fsp3) is 1.00. The van der Waals surface area contributed by atoms with E-state index in [1.54, 1.807) is 0 Å². The van der Waals surface area contributed by atoms with Crippen LogP contribution in [0.5, 0.6) is 0 Å². The van der Waals surface area contributed by atoms with Gasteiger partial charge in [0.1, 0.15) is 0 Å². The third kappa shape index (κ3) is 7.67. The average Bonchev–Trinajstić information content (AvgIpc) is 2.28. The van der Waals surface area contributed by atoms with Crippen LogP contribution in [0.25, 0.3) is 0 Å². The Morgan fingerprint density at radius 2 is 1.30 bits per heavy atom. The number of rotatable bonds is 9. The largest absolute Gasteiger partial charge is 0.314 e. The molecule has 20 heavy (non-hydrogen) atoms. The highest BCUT2D eigenvalue weighted by molar-refractivity contribution is 4.92. The van der Waals surface area contributed by atoms with Crippen molar-refractivity contribution in [3.63, 3.8) is 0 Å². The lowest BCUT2D eigenvalue weighted by Gasteiger charge is -2.45. The maximum absolute atomic E-state index is 3.83. The summed E-state index contributed by atoms with van der Waals surface area (Å²) in [6.45, 7) is 13.3. The van der Waals surface area contributed by atoms with Crippen molar-refractivity contribution in [1.29, 1.82) is 0 Å². The average molecular weight is 282 g/mol. The van der Waals surface area contributed by atoms with Gasteiger partial charge < -0.3 is 5.32 Å². The van der Waals surface area contributed by atoms with E-state index in [9.17, 15) is 0 Å². The summed E-state index contributed by atoms with van der Waals surface area (Å²) in [4.78, 5) is 0. The van der Waals surface area contributed by atoms with Gasteiger partial charge in [-0.05, 0) is 43.1 Å². The minimum Gasteiger partial charge on any atom is -0.314 e. The second-order valence-corrected chi connectivity index (χ2v) is 8.69. The monoisotopic (exact) mass is 281 g/mol. The van der Waals surface area contributed by atoms with Crippen LogP contribution in [0, 0.1) is 10.8 Å². The summed E-state index contributed by atoms with van der Waals surface area (Å²) in [6, 6.07) is 0.744. The minimum absolute atomic E-state index is 0.513. The number of hydrogen-bond donors (Lipinski definition) is 1. The maximum atomic E-state index is 3.83. The van der Waals surface area contributed by atoms with Gasteiger partial charge in [-0.2, -0.15) is 0 Å². The van der Waals surface area contributed by atoms with E-state index in [1.807, 2.05) is 0 Å². The van der Waals surface area contributed by atoms with Crippen molar-refractivity contribution >= 4 is 0 Å². The molecule has 0 unspecified atom stereocenters. The van der Waals surface area contributed by atoms with E-state index in [0.717, 1.165) is 6.04 Å². The summed E-state index contributed by atoms with van der Waals surface area (Å²) in [7, 11) is 0. The molecule has 0 heterocycles. The van der Waals surface area contributed by atoms with Gasteiger partial charge in [0.05, 0.1) is 0 Å². The lowest BCUT2D eigenvalue weighted by Crippen LogP contribution is -2.44. The smallest absolute Gasteiger partial charge is 0.00772 e. The summed E-state index contributed by atoms with van der Waals surface area (Å²) in [5.41, 5.74) is 1.03. The normalized spacial score (nSPS) is 22.1. The first-order chi connectivity index (χ1) is 9.35. The van der Waals surface area contributed by atoms with Crippen molar-refractivity contribution < 1.29 is 0 Å². The van der Waals surface area contributed by atoms with Gasteiger partial charge in [-0.3, -0.25) is 0 Å². The first-order valence-corrected chi connectivity index (χ1v) is 9.08. The Kier molecular flexibility index (Phi) is 7.58. The first kappa shape index (κ1) is 18.0. The van der Waals surface area contributed by atoms with Crippen molar-refractivity contribution in [2.45, 2.75) is 105 Å². The van der Waals surface area contributed by atoms with Gasteiger partial charge >= 0.3 is 0 Å². The molecule has 0 aromatic rings. The molecule has 1 saturated carbocycles. The SMILES string of the molecule is CCCCCCCCCNC1CC(C)(C)CC(C)(C)C1. The molecule has 1 aliphatic rings. The highest BCUT2D eigenvalue weighted by atomic mass is 14.9. The Labute approximate surface area is 128 Å². The third-order valence-corrected chi connectivity index (χ3v) is 4.77. The Morgan fingerprint density at radius 3 is 1.85 bits per heavy atom. The lowest BCUT2D eigenvalue weighted by molar-refractivity contribution is 0.0851. The van der Waals surface area contributed by atoms with E-state index >= 15 is 0 Å². The van der Waals surface area contributed by atoms with Gasteiger partial charge in [0, 0.05) is 6.04 Å². The van der Waals surface area contributed by atoms with Gasteiger partial charge in [-0.1, -0.05) is 73.1 Å². The predicted molar refractivity (Wildman–Crippen MR) is 91.2 cm³/mol. The highest BCUT2D eigenvalue weighted by Gasteiger charge is 2.37. The molecule has 0 aromatic heterocycles. The van der Waals surface area contributed by atoms with Crippen molar-refractivity contribution in [1.82, 2.24) is 5.32 Å². The second-order valence-electron chi connectivity index (χ2n) is 8.69. The molecule has 1 fully saturated rings. The van der Waals surface area contributed by atoms with Gasteiger partial charge in [0.15, 0.2) is 0 Å². The summed E-state index contributed by atoms with van der Waals surface area (Å²) in [6.07, 6.45) is 13.9. The topological polar surface area (TPSA) is 12.0 Å². The van der Waals surface area contributed by atoms with E-state index in [1.165, 1.54) is 70.8 Å². The van der Waals surface area contributed by atoms with Crippen LogP contribution >= 0.6 is 0 Å². The van der Waals surface area contributed by atoms with Crippen LogP contribution in [-0.4, -0.2) is 12.6 Å². The molecule has 1 nitrogen and oxygen atoms in total. The van der Waals surface area contributed by atoms with E-state index in [2.05, 4.69) is 39.9 Å². The summed E-state index contributed by atoms with van der Waals surface area (Å²) in [5.74, 6) is 0. The minimum atomic E-state index is 0.513. The zero-order valence-electron chi connectivity index (χ0n) is 14.9. The van der Waals surface area contributed by atoms with Crippen LogP contribution in [0.2, 0.25) is 0 Å². The molecular formula is C19H39N. The van der Waals surface area contributed by atoms with Crippen LogP contribution in [0.4, 0.5) is 0 Å². The molecule has 0 aliphatic heterocycles. The summed E-state index contributed by atoms with van der Waals surface area (Å²) in [5, 5.41) is 3.83. The van der Waals surface area contributed by atoms with Gasteiger partial charge in [-0.25, -0.2) is 0 Å². The van der Waals surface area contributed by atoms with Crippen molar-refractivity contribution in [2.75, 3.05) is 6.54 Å². The fourth-order valence-corrected chi connectivity index (χ4v) is 4.38. The van der Waals surface area contributed by atoms with Crippen LogP contribution in [0.3, 0.4) is 0 Å². The Morgan fingerprint density at radius 1 is 0.800 bits per heavy atom. The number of hydrogen-bond acceptors (Lipinski definition) is 1.